The van der Waals surface area contributed by atoms with Gasteiger partial charge >= 0.3 is 0 Å². The molecule has 0 aliphatic rings. The lowest BCUT2D eigenvalue weighted by molar-refractivity contribution is -0.115. The molecule has 0 atom stereocenters. The molecule has 1 aromatic heterocycles. The second-order valence-electron chi connectivity index (χ2n) is 3.05. The lowest BCUT2D eigenvalue weighted by Gasteiger charge is -2.06. The van der Waals surface area contributed by atoms with Crippen molar-refractivity contribution < 1.29 is 4.79 Å². The number of halogens is 2. The standard InChI is InChI=1S/C9H12Cl2N4O/c1-2-3-12-4-6(16)15-9-7(10)8(11)13-5-14-9/h5,12H,2-4H2,1H3,(H,13,14,15,16). The van der Waals surface area contributed by atoms with Crippen LogP contribution in [0, 0.1) is 0 Å². The smallest absolute Gasteiger partial charge is 0.239 e. The maximum Gasteiger partial charge on any atom is 0.239 e. The number of carbonyl (C=O) groups excluding carboxylic acids is 1. The van der Waals surface area contributed by atoms with Crippen molar-refractivity contribution in [1.82, 2.24) is 15.3 Å². The van der Waals surface area contributed by atoms with Gasteiger partial charge in [0.1, 0.15) is 11.3 Å². The van der Waals surface area contributed by atoms with Crippen LogP contribution in [0.5, 0.6) is 0 Å². The molecule has 7 heteroatoms. The van der Waals surface area contributed by atoms with Crippen molar-refractivity contribution in [1.29, 1.82) is 0 Å². The highest BCUT2D eigenvalue weighted by atomic mass is 35.5. The summed E-state index contributed by atoms with van der Waals surface area (Å²) in [7, 11) is 0. The van der Waals surface area contributed by atoms with Gasteiger partial charge in [-0.1, -0.05) is 30.1 Å². The zero-order valence-corrected chi connectivity index (χ0v) is 10.3. The van der Waals surface area contributed by atoms with E-state index < -0.39 is 0 Å². The molecule has 1 aromatic rings. The summed E-state index contributed by atoms with van der Waals surface area (Å²) in [5.41, 5.74) is 0. The predicted molar refractivity (Wildman–Crippen MR) is 63.8 cm³/mol. The van der Waals surface area contributed by atoms with E-state index in [2.05, 4.69) is 20.6 Å². The number of anilines is 1. The minimum atomic E-state index is -0.217. The number of nitrogens with zero attached hydrogens (tertiary/aromatic N) is 2. The van der Waals surface area contributed by atoms with Crippen molar-refractivity contribution >= 4 is 34.9 Å². The van der Waals surface area contributed by atoms with E-state index in [0.717, 1.165) is 13.0 Å². The first-order valence-electron chi connectivity index (χ1n) is 4.81. The highest BCUT2D eigenvalue weighted by molar-refractivity contribution is 6.42. The molecule has 0 aromatic carbocycles. The van der Waals surface area contributed by atoms with Gasteiger partial charge in [0.05, 0.1) is 6.54 Å². The summed E-state index contributed by atoms with van der Waals surface area (Å²) < 4.78 is 0. The number of amides is 1. The van der Waals surface area contributed by atoms with E-state index >= 15 is 0 Å². The summed E-state index contributed by atoms with van der Waals surface area (Å²) >= 11 is 11.5. The van der Waals surface area contributed by atoms with Crippen LogP contribution in [0.1, 0.15) is 13.3 Å². The Morgan fingerprint density at radius 3 is 2.88 bits per heavy atom. The molecular formula is C9H12Cl2N4O. The zero-order valence-electron chi connectivity index (χ0n) is 8.76. The van der Waals surface area contributed by atoms with Crippen molar-refractivity contribution in [3.05, 3.63) is 16.5 Å². The van der Waals surface area contributed by atoms with E-state index in [1.165, 1.54) is 6.33 Å². The molecule has 5 nitrogen and oxygen atoms in total. The third kappa shape index (κ3) is 3.92. The Labute approximate surface area is 104 Å². The maximum atomic E-state index is 11.4. The normalized spacial score (nSPS) is 10.2. The van der Waals surface area contributed by atoms with Gasteiger partial charge in [0.15, 0.2) is 11.0 Å². The second kappa shape index (κ2) is 6.62. The van der Waals surface area contributed by atoms with E-state index in [1.54, 1.807) is 0 Å². The summed E-state index contributed by atoms with van der Waals surface area (Å²) in [6.45, 7) is 3.02. The second-order valence-corrected chi connectivity index (χ2v) is 3.79. The third-order valence-electron chi connectivity index (χ3n) is 1.72. The molecule has 0 aliphatic carbocycles. The van der Waals surface area contributed by atoms with Crippen LogP contribution in [0.2, 0.25) is 10.2 Å². The number of nitrogens with one attached hydrogen (secondary N) is 2. The minimum Gasteiger partial charge on any atom is -0.308 e. The van der Waals surface area contributed by atoms with Crippen LogP contribution < -0.4 is 10.6 Å². The first kappa shape index (κ1) is 13.2. The Morgan fingerprint density at radius 1 is 1.44 bits per heavy atom. The topological polar surface area (TPSA) is 66.9 Å². The van der Waals surface area contributed by atoms with Crippen LogP contribution in [0.3, 0.4) is 0 Å². The van der Waals surface area contributed by atoms with Gasteiger partial charge in [-0.2, -0.15) is 0 Å². The maximum absolute atomic E-state index is 11.4. The number of hydrogen-bond acceptors (Lipinski definition) is 4. The fourth-order valence-corrected chi connectivity index (χ4v) is 1.27. The summed E-state index contributed by atoms with van der Waals surface area (Å²) in [6.07, 6.45) is 2.21. The van der Waals surface area contributed by atoms with Crippen LogP contribution in [0.15, 0.2) is 6.33 Å². The predicted octanol–water partition coefficient (Wildman–Crippen LogP) is 1.72. The van der Waals surface area contributed by atoms with Crippen LogP contribution in [0.25, 0.3) is 0 Å². The molecule has 0 fully saturated rings. The number of rotatable bonds is 5. The van der Waals surface area contributed by atoms with Crippen molar-refractivity contribution in [3.63, 3.8) is 0 Å². The molecule has 0 spiro atoms. The van der Waals surface area contributed by atoms with Crippen molar-refractivity contribution in [2.45, 2.75) is 13.3 Å². The molecular weight excluding hydrogens is 251 g/mol. The Kier molecular flexibility index (Phi) is 5.45. The van der Waals surface area contributed by atoms with Crippen molar-refractivity contribution in [2.75, 3.05) is 18.4 Å². The molecule has 0 bridgehead atoms. The number of hydrogen-bond donors (Lipinski definition) is 2. The number of aromatic nitrogens is 2. The fourth-order valence-electron chi connectivity index (χ4n) is 0.990. The van der Waals surface area contributed by atoms with E-state index in [1.807, 2.05) is 6.92 Å². The van der Waals surface area contributed by atoms with Gasteiger partial charge in [0.2, 0.25) is 5.91 Å². The van der Waals surface area contributed by atoms with E-state index in [0.29, 0.717) is 0 Å². The molecule has 16 heavy (non-hydrogen) atoms. The molecule has 1 heterocycles. The van der Waals surface area contributed by atoms with Gasteiger partial charge in [-0.3, -0.25) is 4.79 Å². The lowest BCUT2D eigenvalue weighted by Crippen LogP contribution is -2.28. The SMILES string of the molecule is CCCNCC(=O)Nc1ncnc(Cl)c1Cl. The fraction of sp³-hybridized carbons (Fsp3) is 0.444. The van der Waals surface area contributed by atoms with Crippen molar-refractivity contribution in [3.8, 4) is 0 Å². The molecule has 0 radical (unpaired) electrons. The molecule has 88 valence electrons. The molecule has 0 saturated heterocycles. The Balaban J connectivity index is 2.53. The average Bonchev–Trinajstić information content (AvgIpc) is 2.25. The molecule has 0 saturated carbocycles. The van der Waals surface area contributed by atoms with Crippen molar-refractivity contribution in [2.24, 2.45) is 0 Å². The zero-order chi connectivity index (χ0) is 12.0. The molecule has 1 amide bonds. The largest absolute Gasteiger partial charge is 0.308 e. The van der Waals surface area contributed by atoms with E-state index in [4.69, 9.17) is 23.2 Å². The molecule has 2 N–H and O–H groups in total. The molecule has 0 unspecified atom stereocenters. The van der Waals surface area contributed by atoms with Gasteiger partial charge < -0.3 is 10.6 Å². The van der Waals surface area contributed by atoms with Gasteiger partial charge in [-0.15, -0.1) is 0 Å². The Hall–Kier alpha value is -0.910. The first-order valence-corrected chi connectivity index (χ1v) is 5.57. The van der Waals surface area contributed by atoms with Crippen LogP contribution in [0.4, 0.5) is 5.82 Å². The monoisotopic (exact) mass is 262 g/mol. The molecule has 0 aliphatic heterocycles. The van der Waals surface area contributed by atoms with Crippen LogP contribution in [-0.2, 0) is 4.79 Å². The Morgan fingerprint density at radius 2 is 2.19 bits per heavy atom. The summed E-state index contributed by atoms with van der Waals surface area (Å²) in [6, 6.07) is 0. The Bertz CT molecular complexity index is 373. The third-order valence-corrected chi connectivity index (χ3v) is 2.46. The summed E-state index contributed by atoms with van der Waals surface area (Å²) in [4.78, 5) is 18.9. The summed E-state index contributed by atoms with van der Waals surface area (Å²) in [5.74, 6) is 0.00934. The average molecular weight is 263 g/mol. The quantitative estimate of drug-likeness (QED) is 0.627. The van der Waals surface area contributed by atoms with Gasteiger partial charge in [-0.25, -0.2) is 9.97 Å². The lowest BCUT2D eigenvalue weighted by atomic mass is 10.4. The summed E-state index contributed by atoms with van der Waals surface area (Å²) in [5, 5.41) is 5.76. The van der Waals surface area contributed by atoms with Crippen LogP contribution >= 0.6 is 23.2 Å². The highest BCUT2D eigenvalue weighted by Crippen LogP contribution is 2.24. The van der Waals surface area contributed by atoms with Crippen LogP contribution in [-0.4, -0.2) is 29.0 Å². The van der Waals surface area contributed by atoms with Gasteiger partial charge in [-0.05, 0) is 13.0 Å². The van der Waals surface area contributed by atoms with Gasteiger partial charge in [0, 0.05) is 0 Å². The minimum absolute atomic E-state index is 0.119. The van der Waals surface area contributed by atoms with E-state index in [-0.39, 0.29) is 28.4 Å². The highest BCUT2D eigenvalue weighted by Gasteiger charge is 2.09. The molecule has 1 rings (SSSR count). The van der Waals surface area contributed by atoms with E-state index in [9.17, 15) is 4.79 Å². The van der Waals surface area contributed by atoms with Gasteiger partial charge in [0.25, 0.3) is 0 Å². The first-order chi connectivity index (χ1) is 7.65. The number of carbonyl (C=O) groups is 1.